The van der Waals surface area contributed by atoms with Crippen LogP contribution in [-0.2, 0) is 4.79 Å². The minimum Gasteiger partial charge on any atom is -0.435 e. The summed E-state index contributed by atoms with van der Waals surface area (Å²) in [4.78, 5) is 21.3. The highest BCUT2D eigenvalue weighted by Gasteiger charge is 2.30. The molecule has 9 heteroatoms. The van der Waals surface area contributed by atoms with Gasteiger partial charge in [0.2, 0.25) is 5.95 Å². The fourth-order valence-electron chi connectivity index (χ4n) is 4.35. The Hall–Kier alpha value is -3.43. The Labute approximate surface area is 201 Å². The van der Waals surface area contributed by atoms with Gasteiger partial charge in [0.25, 0.3) is 0 Å². The van der Waals surface area contributed by atoms with Crippen LogP contribution >= 0.6 is 0 Å². The molecule has 7 nitrogen and oxygen atoms in total. The molecule has 1 fully saturated rings. The van der Waals surface area contributed by atoms with Crippen LogP contribution in [0.1, 0.15) is 37.2 Å². The van der Waals surface area contributed by atoms with E-state index in [9.17, 15) is 23.8 Å². The van der Waals surface area contributed by atoms with E-state index in [4.69, 9.17) is 0 Å². The van der Waals surface area contributed by atoms with Crippen molar-refractivity contribution >= 4 is 17.4 Å². The predicted octanol–water partition coefficient (Wildman–Crippen LogP) is 4.68. The highest BCUT2D eigenvalue weighted by Crippen LogP contribution is 2.31. The summed E-state index contributed by atoms with van der Waals surface area (Å²) >= 11 is 0. The molecule has 1 aromatic heterocycles. The van der Waals surface area contributed by atoms with Crippen molar-refractivity contribution in [3.63, 3.8) is 0 Å². The fraction of sp³-hybridized carbons (Fsp3) is 0.346. The minimum absolute atomic E-state index is 0.0264. The first-order chi connectivity index (χ1) is 16.9. The molecule has 0 amide bonds. The molecule has 3 aromatic rings. The van der Waals surface area contributed by atoms with Gasteiger partial charge in [0, 0.05) is 30.1 Å². The number of ether oxygens (including phenoxy) is 1. The predicted molar refractivity (Wildman–Crippen MR) is 127 cm³/mol. The van der Waals surface area contributed by atoms with E-state index in [0.717, 1.165) is 24.8 Å². The molecule has 1 aliphatic rings. The molecule has 2 aromatic carbocycles. The molecular formula is C26H27F2N3O4. The number of hydrogen-bond donors (Lipinski definition) is 3. The number of carbonyl (C=O) groups is 1. The summed E-state index contributed by atoms with van der Waals surface area (Å²) in [5, 5.41) is 22.9. The lowest BCUT2D eigenvalue weighted by molar-refractivity contribution is -0.123. The number of alkyl halides is 2. The zero-order valence-corrected chi connectivity index (χ0v) is 19.0. The first-order valence-electron chi connectivity index (χ1n) is 11.5. The van der Waals surface area contributed by atoms with Gasteiger partial charge in [-0.1, -0.05) is 30.7 Å². The summed E-state index contributed by atoms with van der Waals surface area (Å²) in [6.07, 6.45) is 5.56. The summed E-state index contributed by atoms with van der Waals surface area (Å²) in [7, 11) is 0. The first-order valence-corrected chi connectivity index (χ1v) is 11.5. The minimum atomic E-state index is -2.87. The lowest BCUT2D eigenvalue weighted by Gasteiger charge is -2.18. The van der Waals surface area contributed by atoms with Gasteiger partial charge in [0.15, 0.2) is 0 Å². The lowest BCUT2D eigenvalue weighted by atomic mass is 9.88. The van der Waals surface area contributed by atoms with Crippen LogP contribution in [0.3, 0.4) is 0 Å². The van der Waals surface area contributed by atoms with Crippen molar-refractivity contribution in [1.29, 1.82) is 0 Å². The Morgan fingerprint density at radius 2 is 1.71 bits per heavy atom. The molecule has 1 saturated carbocycles. The normalized spacial score (nSPS) is 18.4. The number of nitrogens with one attached hydrogen (secondary N) is 1. The van der Waals surface area contributed by atoms with Gasteiger partial charge < -0.3 is 20.3 Å². The fourth-order valence-corrected chi connectivity index (χ4v) is 4.35. The van der Waals surface area contributed by atoms with Crippen LogP contribution in [0.15, 0.2) is 60.9 Å². The van der Waals surface area contributed by atoms with Crippen molar-refractivity contribution in [1.82, 2.24) is 9.97 Å². The number of rotatable bonds is 10. The number of aromatic nitrogens is 2. The second-order valence-electron chi connectivity index (χ2n) is 8.61. The standard InChI is InChI=1S/C26H27F2N3O4/c27-25(28)35-21-10-6-16(7-11-21)19-13-29-26(30-14-19)31-20-8-4-17(5-9-20)22(15-32)24(34)12-18-2-1-3-23(18)33/h4-11,13-14,18,22-23,25,32-33H,1-3,12,15H2,(H,29,30,31)/t18-,22+,23+/m1/s1. The summed E-state index contributed by atoms with van der Waals surface area (Å²) in [5.74, 6) is -0.268. The zero-order valence-electron chi connectivity index (χ0n) is 19.0. The monoisotopic (exact) mass is 483 g/mol. The van der Waals surface area contributed by atoms with E-state index in [1.807, 2.05) is 0 Å². The van der Waals surface area contributed by atoms with Crippen molar-refractivity contribution < 1.29 is 28.5 Å². The van der Waals surface area contributed by atoms with E-state index >= 15 is 0 Å². The Morgan fingerprint density at radius 1 is 1.03 bits per heavy atom. The van der Waals surface area contributed by atoms with Crippen molar-refractivity contribution in [3.8, 4) is 16.9 Å². The molecule has 1 aliphatic carbocycles. The number of halogens is 2. The summed E-state index contributed by atoms with van der Waals surface area (Å²) in [6, 6.07) is 13.3. The average molecular weight is 484 g/mol. The largest absolute Gasteiger partial charge is 0.435 e. The Balaban J connectivity index is 1.36. The summed E-state index contributed by atoms with van der Waals surface area (Å²) < 4.78 is 28.9. The summed E-state index contributed by atoms with van der Waals surface area (Å²) in [6.45, 7) is -3.15. The molecule has 0 saturated heterocycles. The smallest absolute Gasteiger partial charge is 0.387 e. The molecule has 35 heavy (non-hydrogen) atoms. The van der Waals surface area contributed by atoms with Crippen LogP contribution in [-0.4, -0.2) is 45.3 Å². The van der Waals surface area contributed by atoms with Gasteiger partial charge in [-0.25, -0.2) is 9.97 Å². The lowest BCUT2D eigenvalue weighted by Crippen LogP contribution is -2.23. The van der Waals surface area contributed by atoms with Crippen LogP contribution in [0.4, 0.5) is 20.4 Å². The van der Waals surface area contributed by atoms with Gasteiger partial charge in [-0.3, -0.25) is 4.79 Å². The third-order valence-corrected chi connectivity index (χ3v) is 6.29. The zero-order chi connectivity index (χ0) is 24.8. The number of aliphatic hydroxyl groups is 2. The number of Topliss-reactive ketones (excluding diaryl/α,β-unsaturated/α-hetero) is 1. The molecule has 0 spiro atoms. The van der Waals surface area contributed by atoms with Gasteiger partial charge in [-0.05, 0) is 54.2 Å². The number of ketones is 1. The van der Waals surface area contributed by atoms with Gasteiger partial charge in [0.05, 0.1) is 18.6 Å². The molecule has 0 bridgehead atoms. The SMILES string of the molecule is O=C(C[C@H]1CCC[C@@H]1O)[C@@H](CO)c1ccc(Nc2ncc(-c3ccc(OC(F)F)cc3)cn2)cc1. The van der Waals surface area contributed by atoms with Crippen molar-refractivity contribution in [2.75, 3.05) is 11.9 Å². The van der Waals surface area contributed by atoms with E-state index in [1.165, 1.54) is 12.1 Å². The maximum Gasteiger partial charge on any atom is 0.387 e. The van der Waals surface area contributed by atoms with E-state index in [0.29, 0.717) is 22.8 Å². The van der Waals surface area contributed by atoms with Crippen molar-refractivity contribution in [3.05, 3.63) is 66.5 Å². The number of aliphatic hydroxyl groups excluding tert-OH is 2. The first kappa shape index (κ1) is 24.7. The maximum absolute atomic E-state index is 12.7. The third-order valence-electron chi connectivity index (χ3n) is 6.29. The van der Waals surface area contributed by atoms with Crippen molar-refractivity contribution in [2.24, 2.45) is 5.92 Å². The average Bonchev–Trinajstić information content (AvgIpc) is 3.25. The van der Waals surface area contributed by atoms with Crippen LogP contribution in [0.5, 0.6) is 5.75 Å². The van der Waals surface area contributed by atoms with Crippen LogP contribution < -0.4 is 10.1 Å². The van der Waals surface area contributed by atoms with Crippen LogP contribution in [0.25, 0.3) is 11.1 Å². The van der Waals surface area contributed by atoms with Crippen LogP contribution in [0.2, 0.25) is 0 Å². The topological polar surface area (TPSA) is 105 Å². The number of anilines is 2. The number of carbonyl (C=O) groups excluding carboxylic acids is 1. The molecule has 184 valence electrons. The quantitative estimate of drug-likeness (QED) is 0.384. The van der Waals surface area contributed by atoms with Gasteiger partial charge in [-0.15, -0.1) is 0 Å². The molecule has 0 radical (unpaired) electrons. The van der Waals surface area contributed by atoms with Crippen molar-refractivity contribution in [2.45, 2.75) is 44.3 Å². The molecule has 1 heterocycles. The molecule has 4 rings (SSSR count). The van der Waals surface area contributed by atoms with Gasteiger partial charge >= 0.3 is 6.61 Å². The van der Waals surface area contributed by atoms with E-state index in [2.05, 4.69) is 20.0 Å². The van der Waals surface area contributed by atoms with Gasteiger partial charge in [-0.2, -0.15) is 8.78 Å². The Bertz CT molecular complexity index is 1110. The molecule has 0 unspecified atom stereocenters. The second kappa shape index (κ2) is 11.3. The third kappa shape index (κ3) is 6.37. The number of hydrogen-bond acceptors (Lipinski definition) is 7. The Kier molecular flexibility index (Phi) is 7.99. The van der Waals surface area contributed by atoms with E-state index < -0.39 is 18.6 Å². The molecule has 3 atom stereocenters. The highest BCUT2D eigenvalue weighted by molar-refractivity contribution is 5.86. The van der Waals surface area contributed by atoms with E-state index in [1.54, 1.807) is 48.8 Å². The number of benzene rings is 2. The Morgan fingerprint density at radius 3 is 2.29 bits per heavy atom. The maximum atomic E-state index is 12.7. The molecule has 3 N–H and O–H groups in total. The van der Waals surface area contributed by atoms with E-state index in [-0.39, 0.29) is 30.5 Å². The molecular weight excluding hydrogens is 456 g/mol. The summed E-state index contributed by atoms with van der Waals surface area (Å²) in [5.41, 5.74) is 2.90. The second-order valence-corrected chi connectivity index (χ2v) is 8.61. The highest BCUT2D eigenvalue weighted by atomic mass is 19.3. The molecule has 0 aliphatic heterocycles. The van der Waals surface area contributed by atoms with Gasteiger partial charge in [0.1, 0.15) is 11.5 Å². The van der Waals surface area contributed by atoms with Crippen LogP contribution in [0, 0.1) is 5.92 Å². The number of nitrogens with zero attached hydrogens (tertiary/aromatic N) is 2.